The SMILES string of the molecule is CN(C)c1cc(Oc2ccc(=O)[nH]n2)nc(N(C)C)n1. The second-order valence-corrected chi connectivity index (χ2v) is 4.51. The van der Waals surface area contributed by atoms with E-state index >= 15 is 0 Å². The van der Waals surface area contributed by atoms with Gasteiger partial charge in [-0.25, -0.2) is 5.10 Å². The summed E-state index contributed by atoms with van der Waals surface area (Å²) in [6, 6.07) is 4.51. The first-order valence-electron chi connectivity index (χ1n) is 5.93. The molecule has 0 spiro atoms. The van der Waals surface area contributed by atoms with E-state index in [0.29, 0.717) is 17.6 Å². The Labute approximate surface area is 116 Å². The molecular weight excluding hydrogens is 260 g/mol. The summed E-state index contributed by atoms with van der Waals surface area (Å²) in [6.45, 7) is 0. The second-order valence-electron chi connectivity index (χ2n) is 4.51. The minimum Gasteiger partial charge on any atom is -0.419 e. The third-order valence-corrected chi connectivity index (χ3v) is 2.40. The van der Waals surface area contributed by atoms with Gasteiger partial charge in [0.2, 0.25) is 17.7 Å². The van der Waals surface area contributed by atoms with Crippen LogP contribution in [-0.2, 0) is 0 Å². The molecule has 2 aromatic heterocycles. The molecule has 0 aliphatic rings. The van der Waals surface area contributed by atoms with Gasteiger partial charge in [0.1, 0.15) is 5.82 Å². The van der Waals surface area contributed by atoms with Gasteiger partial charge in [0.05, 0.1) is 0 Å². The number of ether oxygens (including phenoxy) is 1. The molecule has 0 fully saturated rings. The summed E-state index contributed by atoms with van der Waals surface area (Å²) in [5.74, 6) is 1.85. The number of hydrogen-bond acceptors (Lipinski definition) is 7. The summed E-state index contributed by atoms with van der Waals surface area (Å²) in [4.78, 5) is 23.2. The van der Waals surface area contributed by atoms with E-state index in [2.05, 4.69) is 20.2 Å². The molecule has 0 aliphatic heterocycles. The van der Waals surface area contributed by atoms with E-state index in [1.165, 1.54) is 12.1 Å². The van der Waals surface area contributed by atoms with Crippen molar-refractivity contribution < 1.29 is 4.74 Å². The van der Waals surface area contributed by atoms with Crippen molar-refractivity contribution in [3.63, 3.8) is 0 Å². The van der Waals surface area contributed by atoms with Crippen LogP contribution >= 0.6 is 0 Å². The van der Waals surface area contributed by atoms with Crippen molar-refractivity contribution >= 4 is 11.8 Å². The van der Waals surface area contributed by atoms with Gasteiger partial charge < -0.3 is 14.5 Å². The topological polar surface area (TPSA) is 87.2 Å². The van der Waals surface area contributed by atoms with Gasteiger partial charge in [-0.1, -0.05) is 0 Å². The summed E-state index contributed by atoms with van der Waals surface area (Å²) in [7, 11) is 7.45. The average molecular weight is 276 g/mol. The number of nitrogens with zero attached hydrogens (tertiary/aromatic N) is 5. The minimum absolute atomic E-state index is 0.262. The maximum Gasteiger partial charge on any atom is 0.264 e. The molecule has 2 rings (SSSR count). The molecule has 8 heteroatoms. The van der Waals surface area contributed by atoms with Gasteiger partial charge in [-0.15, -0.1) is 5.10 Å². The summed E-state index contributed by atoms with van der Waals surface area (Å²) in [5, 5.41) is 6.08. The Morgan fingerprint density at radius 2 is 1.80 bits per heavy atom. The van der Waals surface area contributed by atoms with Crippen LogP contribution < -0.4 is 20.1 Å². The molecule has 0 aromatic carbocycles. The van der Waals surface area contributed by atoms with E-state index in [1.54, 1.807) is 11.0 Å². The first kappa shape index (κ1) is 13.8. The fourth-order valence-corrected chi connectivity index (χ4v) is 1.38. The Bertz CT molecular complexity index is 606. The van der Waals surface area contributed by atoms with Gasteiger partial charge in [-0.05, 0) is 0 Å². The predicted molar refractivity (Wildman–Crippen MR) is 75.6 cm³/mol. The van der Waals surface area contributed by atoms with Gasteiger partial charge >= 0.3 is 0 Å². The van der Waals surface area contributed by atoms with Gasteiger partial charge in [0.15, 0.2) is 0 Å². The molecule has 1 N–H and O–H groups in total. The average Bonchev–Trinajstić information content (AvgIpc) is 2.41. The largest absolute Gasteiger partial charge is 0.419 e. The standard InChI is InChI=1S/C12H16N6O2/c1-17(2)8-7-11(14-12(13-8)18(3)4)20-10-6-5-9(19)15-16-10/h5-7H,1-4H3,(H,15,19). The lowest BCUT2D eigenvalue weighted by atomic mass is 10.5. The van der Waals surface area contributed by atoms with Crippen LogP contribution in [0.5, 0.6) is 11.8 Å². The fraction of sp³-hybridized carbons (Fsp3) is 0.333. The zero-order valence-electron chi connectivity index (χ0n) is 11.8. The molecule has 0 atom stereocenters. The third-order valence-electron chi connectivity index (χ3n) is 2.40. The van der Waals surface area contributed by atoms with Crippen molar-refractivity contribution in [2.75, 3.05) is 38.0 Å². The van der Waals surface area contributed by atoms with Gasteiger partial charge in [-0.2, -0.15) is 9.97 Å². The maximum atomic E-state index is 10.9. The van der Waals surface area contributed by atoms with E-state index in [1.807, 2.05) is 33.1 Å². The van der Waals surface area contributed by atoms with Crippen molar-refractivity contribution in [1.29, 1.82) is 0 Å². The smallest absolute Gasteiger partial charge is 0.264 e. The molecule has 2 heterocycles. The highest BCUT2D eigenvalue weighted by Gasteiger charge is 2.10. The molecule has 0 unspecified atom stereocenters. The van der Waals surface area contributed by atoms with Crippen LogP contribution in [0, 0.1) is 0 Å². The van der Waals surface area contributed by atoms with Crippen molar-refractivity contribution in [3.05, 3.63) is 28.6 Å². The number of aromatic nitrogens is 4. The Hall–Kier alpha value is -2.64. The molecule has 0 bridgehead atoms. The molecule has 2 aromatic rings. The zero-order chi connectivity index (χ0) is 14.7. The molecule has 106 valence electrons. The van der Waals surface area contributed by atoms with Crippen LogP contribution in [-0.4, -0.2) is 48.4 Å². The molecule has 20 heavy (non-hydrogen) atoms. The Balaban J connectivity index is 2.35. The molecule has 0 aliphatic carbocycles. The summed E-state index contributed by atoms with van der Waals surface area (Å²) >= 11 is 0. The van der Waals surface area contributed by atoms with E-state index < -0.39 is 0 Å². The molecule has 0 radical (unpaired) electrons. The third kappa shape index (κ3) is 3.22. The lowest BCUT2D eigenvalue weighted by molar-refractivity contribution is 0.436. The number of H-pyrrole nitrogens is 1. The number of aromatic amines is 1. The number of nitrogens with one attached hydrogen (secondary N) is 1. The maximum absolute atomic E-state index is 10.9. The van der Waals surface area contributed by atoms with E-state index in [9.17, 15) is 4.79 Å². The van der Waals surface area contributed by atoms with Crippen LogP contribution in [0.2, 0.25) is 0 Å². The van der Waals surface area contributed by atoms with Gasteiger partial charge in [0, 0.05) is 46.4 Å². The molecule has 0 saturated carbocycles. The number of hydrogen-bond donors (Lipinski definition) is 1. The Morgan fingerprint density at radius 3 is 2.35 bits per heavy atom. The molecule has 0 saturated heterocycles. The lowest BCUT2D eigenvalue weighted by Gasteiger charge is -2.17. The van der Waals surface area contributed by atoms with E-state index in [0.717, 1.165) is 0 Å². The van der Waals surface area contributed by atoms with Crippen LogP contribution in [0.25, 0.3) is 0 Å². The van der Waals surface area contributed by atoms with Crippen LogP contribution in [0.3, 0.4) is 0 Å². The quantitative estimate of drug-likeness (QED) is 0.869. The van der Waals surface area contributed by atoms with Gasteiger partial charge in [0.25, 0.3) is 5.56 Å². The summed E-state index contributed by atoms with van der Waals surface area (Å²) < 4.78 is 5.53. The Morgan fingerprint density at radius 1 is 1.05 bits per heavy atom. The first-order valence-corrected chi connectivity index (χ1v) is 5.93. The predicted octanol–water partition coefficient (Wildman–Crippen LogP) is 0.484. The molecular formula is C12H16N6O2. The minimum atomic E-state index is -0.289. The van der Waals surface area contributed by atoms with Crippen LogP contribution in [0.1, 0.15) is 0 Å². The number of rotatable bonds is 4. The highest BCUT2D eigenvalue weighted by Crippen LogP contribution is 2.22. The zero-order valence-corrected chi connectivity index (χ0v) is 11.8. The second kappa shape index (κ2) is 5.55. The monoisotopic (exact) mass is 276 g/mol. The summed E-state index contributed by atoms with van der Waals surface area (Å²) in [5.41, 5.74) is -0.289. The van der Waals surface area contributed by atoms with Crippen molar-refractivity contribution in [2.24, 2.45) is 0 Å². The van der Waals surface area contributed by atoms with E-state index in [4.69, 9.17) is 4.74 Å². The number of anilines is 2. The van der Waals surface area contributed by atoms with Crippen molar-refractivity contribution in [1.82, 2.24) is 20.2 Å². The van der Waals surface area contributed by atoms with Crippen molar-refractivity contribution in [2.45, 2.75) is 0 Å². The normalized spacial score (nSPS) is 10.2. The molecule has 0 amide bonds. The first-order chi connectivity index (χ1) is 9.45. The van der Waals surface area contributed by atoms with E-state index in [-0.39, 0.29) is 11.4 Å². The van der Waals surface area contributed by atoms with Crippen molar-refractivity contribution in [3.8, 4) is 11.8 Å². The lowest BCUT2D eigenvalue weighted by Crippen LogP contribution is -2.17. The van der Waals surface area contributed by atoms with Crippen LogP contribution in [0.15, 0.2) is 23.0 Å². The highest BCUT2D eigenvalue weighted by molar-refractivity contribution is 5.46. The van der Waals surface area contributed by atoms with Gasteiger partial charge in [-0.3, -0.25) is 4.79 Å². The Kier molecular flexibility index (Phi) is 3.83. The fourth-order valence-electron chi connectivity index (χ4n) is 1.38. The van der Waals surface area contributed by atoms with Crippen LogP contribution in [0.4, 0.5) is 11.8 Å². The molecule has 8 nitrogen and oxygen atoms in total. The summed E-state index contributed by atoms with van der Waals surface area (Å²) in [6.07, 6.45) is 0. The highest BCUT2D eigenvalue weighted by atomic mass is 16.5.